The predicted molar refractivity (Wildman–Crippen MR) is 120 cm³/mol. The number of ether oxygens (including phenoxy) is 3. The number of benzene rings is 2. The van der Waals surface area contributed by atoms with Gasteiger partial charge in [-0.2, -0.15) is 0 Å². The Bertz CT molecular complexity index is 1060. The normalized spacial score (nSPS) is 11.6. The quantitative estimate of drug-likeness (QED) is 0.473. The molecule has 1 heterocycles. The molecule has 0 aliphatic rings. The lowest BCUT2D eigenvalue weighted by Crippen LogP contribution is -2.15. The van der Waals surface area contributed by atoms with E-state index < -0.39 is 0 Å². The molecule has 31 heavy (non-hydrogen) atoms. The van der Waals surface area contributed by atoms with Gasteiger partial charge in [0.05, 0.1) is 25.7 Å². The summed E-state index contributed by atoms with van der Waals surface area (Å²) in [5, 5.41) is 12.4. The van der Waals surface area contributed by atoms with Crippen LogP contribution in [0, 0.1) is 0 Å². The summed E-state index contributed by atoms with van der Waals surface area (Å²) in [4.78, 5) is 12.5. The number of hydrogen-bond donors (Lipinski definition) is 1. The van der Waals surface area contributed by atoms with Crippen molar-refractivity contribution in [1.82, 2.24) is 14.8 Å². The molecular formula is C21H23ClN4O4S. The number of carbonyl (C=O) groups excluding carboxylic acids is 1. The van der Waals surface area contributed by atoms with Gasteiger partial charge in [0.15, 0.2) is 17.1 Å². The standard InChI is InChI=1S/C21H23ClN4O4S/c1-13(30-16-7-5-6-14(22)10-16)20-24-25-21(26(20)2)31-12-19(27)23-17-11-15(28-3)8-9-18(17)29-4/h5-11,13H,12H2,1-4H3,(H,23,27). The van der Waals surface area contributed by atoms with Gasteiger partial charge in [-0.25, -0.2) is 0 Å². The summed E-state index contributed by atoms with van der Waals surface area (Å²) in [6.07, 6.45) is -0.347. The number of nitrogens with one attached hydrogen (secondary N) is 1. The first-order valence-corrected chi connectivity index (χ1v) is 10.7. The van der Waals surface area contributed by atoms with Crippen LogP contribution in [0.3, 0.4) is 0 Å². The fourth-order valence-corrected chi connectivity index (χ4v) is 3.73. The minimum absolute atomic E-state index is 0.149. The lowest BCUT2D eigenvalue weighted by molar-refractivity contribution is -0.113. The summed E-state index contributed by atoms with van der Waals surface area (Å²) >= 11 is 7.28. The van der Waals surface area contributed by atoms with E-state index in [4.69, 9.17) is 25.8 Å². The molecule has 3 rings (SSSR count). The van der Waals surface area contributed by atoms with Crippen molar-refractivity contribution in [3.05, 3.63) is 53.3 Å². The van der Waals surface area contributed by atoms with Gasteiger partial charge < -0.3 is 24.1 Å². The van der Waals surface area contributed by atoms with Gasteiger partial charge in [-0.15, -0.1) is 10.2 Å². The van der Waals surface area contributed by atoms with Crippen molar-refractivity contribution in [2.75, 3.05) is 25.3 Å². The highest BCUT2D eigenvalue weighted by Crippen LogP contribution is 2.29. The van der Waals surface area contributed by atoms with E-state index in [1.165, 1.54) is 11.8 Å². The van der Waals surface area contributed by atoms with Crippen LogP contribution in [-0.2, 0) is 11.8 Å². The highest BCUT2D eigenvalue weighted by atomic mass is 35.5. The fourth-order valence-electron chi connectivity index (χ4n) is 2.83. The van der Waals surface area contributed by atoms with Crippen molar-refractivity contribution in [2.45, 2.75) is 18.2 Å². The summed E-state index contributed by atoms with van der Waals surface area (Å²) in [7, 11) is 4.93. The van der Waals surface area contributed by atoms with E-state index in [2.05, 4.69) is 15.5 Å². The molecule has 10 heteroatoms. The van der Waals surface area contributed by atoms with Crippen molar-refractivity contribution in [2.24, 2.45) is 7.05 Å². The molecule has 2 aromatic carbocycles. The zero-order valence-corrected chi connectivity index (χ0v) is 19.2. The summed E-state index contributed by atoms with van der Waals surface area (Å²) < 4.78 is 18.2. The van der Waals surface area contributed by atoms with Gasteiger partial charge in [0.1, 0.15) is 17.2 Å². The second-order valence-corrected chi connectivity index (χ2v) is 7.90. The van der Waals surface area contributed by atoms with Crippen LogP contribution >= 0.6 is 23.4 Å². The number of carbonyl (C=O) groups is 1. The molecule has 1 unspecified atom stereocenters. The minimum Gasteiger partial charge on any atom is -0.497 e. The molecule has 164 valence electrons. The lowest BCUT2D eigenvalue weighted by atomic mass is 10.2. The van der Waals surface area contributed by atoms with Crippen LogP contribution in [0.15, 0.2) is 47.6 Å². The number of amides is 1. The molecule has 0 saturated carbocycles. The van der Waals surface area contributed by atoms with Gasteiger partial charge >= 0.3 is 0 Å². The fraction of sp³-hybridized carbons (Fsp3) is 0.286. The third-order valence-corrected chi connectivity index (χ3v) is 5.61. The largest absolute Gasteiger partial charge is 0.497 e. The number of halogens is 1. The molecule has 0 aliphatic heterocycles. The van der Waals surface area contributed by atoms with Crippen LogP contribution in [0.5, 0.6) is 17.2 Å². The first-order chi connectivity index (χ1) is 14.9. The Morgan fingerprint density at radius 2 is 1.97 bits per heavy atom. The molecule has 1 N–H and O–H groups in total. The Balaban J connectivity index is 1.61. The smallest absolute Gasteiger partial charge is 0.234 e. The van der Waals surface area contributed by atoms with Crippen LogP contribution in [0.4, 0.5) is 5.69 Å². The molecule has 3 aromatic rings. The first-order valence-electron chi connectivity index (χ1n) is 9.37. The highest BCUT2D eigenvalue weighted by molar-refractivity contribution is 7.99. The van der Waals surface area contributed by atoms with Gasteiger partial charge in [0, 0.05) is 18.1 Å². The molecule has 1 aromatic heterocycles. The molecule has 8 nitrogen and oxygen atoms in total. The number of rotatable bonds is 9. The molecule has 0 saturated heterocycles. The third kappa shape index (κ3) is 5.83. The van der Waals surface area contributed by atoms with E-state index in [9.17, 15) is 4.79 Å². The maximum absolute atomic E-state index is 12.5. The van der Waals surface area contributed by atoms with Gasteiger partial charge in [-0.3, -0.25) is 4.79 Å². The molecule has 0 aliphatic carbocycles. The zero-order chi connectivity index (χ0) is 22.4. The first kappa shape index (κ1) is 22.8. The van der Waals surface area contributed by atoms with Gasteiger partial charge in [0.25, 0.3) is 0 Å². The number of thioether (sulfide) groups is 1. The van der Waals surface area contributed by atoms with Crippen molar-refractivity contribution >= 4 is 35.0 Å². The van der Waals surface area contributed by atoms with Crippen molar-refractivity contribution in [1.29, 1.82) is 0 Å². The maximum Gasteiger partial charge on any atom is 0.234 e. The Labute approximate surface area is 189 Å². The van der Waals surface area contributed by atoms with Crippen molar-refractivity contribution in [3.8, 4) is 17.2 Å². The topological polar surface area (TPSA) is 87.5 Å². The highest BCUT2D eigenvalue weighted by Gasteiger charge is 2.18. The summed E-state index contributed by atoms with van der Waals surface area (Å²) in [5.74, 6) is 2.39. The van der Waals surface area contributed by atoms with E-state index in [0.717, 1.165) is 0 Å². The van der Waals surface area contributed by atoms with E-state index in [1.807, 2.05) is 26.1 Å². The monoisotopic (exact) mass is 462 g/mol. The van der Waals surface area contributed by atoms with Crippen LogP contribution in [-0.4, -0.2) is 40.6 Å². The van der Waals surface area contributed by atoms with Crippen molar-refractivity contribution in [3.63, 3.8) is 0 Å². The predicted octanol–water partition coefficient (Wildman–Crippen LogP) is 4.36. The van der Waals surface area contributed by atoms with Crippen molar-refractivity contribution < 1.29 is 19.0 Å². The maximum atomic E-state index is 12.5. The molecule has 1 amide bonds. The van der Waals surface area contributed by atoms with E-state index in [-0.39, 0.29) is 17.8 Å². The molecule has 0 bridgehead atoms. The summed E-state index contributed by atoms with van der Waals surface area (Å²) in [6, 6.07) is 12.4. The SMILES string of the molecule is COc1ccc(OC)c(NC(=O)CSc2nnc(C(C)Oc3cccc(Cl)c3)n2C)c1. The Kier molecular flexibility index (Phi) is 7.64. The van der Waals surface area contributed by atoms with Gasteiger partial charge in [0.2, 0.25) is 5.91 Å². The molecule has 0 radical (unpaired) electrons. The van der Waals surface area contributed by atoms with Crippen LogP contribution < -0.4 is 19.5 Å². The third-order valence-electron chi connectivity index (χ3n) is 4.35. The number of anilines is 1. The second-order valence-electron chi connectivity index (χ2n) is 6.52. The van der Waals surface area contributed by atoms with Crippen LogP contribution in [0.1, 0.15) is 18.9 Å². The van der Waals surface area contributed by atoms with Crippen LogP contribution in [0.2, 0.25) is 5.02 Å². The van der Waals surface area contributed by atoms with Gasteiger partial charge in [-0.1, -0.05) is 29.4 Å². The molecular weight excluding hydrogens is 440 g/mol. The Morgan fingerprint density at radius 1 is 1.16 bits per heavy atom. The lowest BCUT2D eigenvalue weighted by Gasteiger charge is -2.14. The van der Waals surface area contributed by atoms with Gasteiger partial charge in [-0.05, 0) is 37.3 Å². The Hall–Kier alpha value is -2.91. The molecule has 0 spiro atoms. The zero-order valence-electron chi connectivity index (χ0n) is 17.6. The van der Waals surface area contributed by atoms with E-state index >= 15 is 0 Å². The number of methoxy groups -OCH3 is 2. The average molecular weight is 463 g/mol. The second kappa shape index (κ2) is 10.4. The molecule has 0 fully saturated rings. The number of hydrogen-bond acceptors (Lipinski definition) is 7. The van der Waals surface area contributed by atoms with E-state index in [0.29, 0.717) is 38.9 Å². The van der Waals surface area contributed by atoms with E-state index in [1.54, 1.807) is 49.1 Å². The summed E-state index contributed by atoms with van der Waals surface area (Å²) in [6.45, 7) is 1.88. The van der Waals surface area contributed by atoms with Crippen LogP contribution in [0.25, 0.3) is 0 Å². The number of nitrogens with zero attached hydrogens (tertiary/aromatic N) is 3. The molecule has 1 atom stereocenters. The average Bonchev–Trinajstić information content (AvgIpc) is 3.12. The number of aromatic nitrogens is 3. The summed E-state index contributed by atoms with van der Waals surface area (Å²) in [5.41, 5.74) is 0.537. The Morgan fingerprint density at radius 3 is 2.68 bits per heavy atom. The minimum atomic E-state index is -0.347.